The van der Waals surface area contributed by atoms with Gasteiger partial charge in [0.25, 0.3) is 0 Å². The van der Waals surface area contributed by atoms with Gasteiger partial charge in [0.05, 0.1) is 5.69 Å². The maximum atomic E-state index is 9.21. The smallest absolute Gasteiger partial charge is 0.144 e. The Balaban J connectivity index is 2.21. The summed E-state index contributed by atoms with van der Waals surface area (Å²) in [5.41, 5.74) is 1.57. The van der Waals surface area contributed by atoms with Crippen LogP contribution in [0.25, 0.3) is 0 Å². The lowest BCUT2D eigenvalue weighted by atomic mass is 9.94. The van der Waals surface area contributed by atoms with E-state index in [9.17, 15) is 5.26 Å². The number of anilines is 1. The van der Waals surface area contributed by atoms with E-state index in [1.807, 2.05) is 18.7 Å². The Kier molecular flexibility index (Phi) is 3.37. The SMILES string of the molecule is CCC1CCN(c2c(C#N)c(C)nn2C)CC1. The largest absolute Gasteiger partial charge is 0.356 e. The van der Waals surface area contributed by atoms with Gasteiger partial charge in [0, 0.05) is 20.1 Å². The van der Waals surface area contributed by atoms with Gasteiger partial charge in [-0.2, -0.15) is 10.4 Å². The molecule has 92 valence electrons. The van der Waals surface area contributed by atoms with Crippen LogP contribution in [0.4, 0.5) is 5.82 Å². The topological polar surface area (TPSA) is 44.9 Å². The van der Waals surface area contributed by atoms with E-state index >= 15 is 0 Å². The molecule has 0 aromatic carbocycles. The predicted molar refractivity (Wildman–Crippen MR) is 67.9 cm³/mol. The quantitative estimate of drug-likeness (QED) is 0.785. The minimum atomic E-state index is 0.738. The molecule has 0 bridgehead atoms. The third-order valence-corrected chi connectivity index (χ3v) is 3.80. The van der Waals surface area contributed by atoms with Crippen molar-refractivity contribution in [3.63, 3.8) is 0 Å². The van der Waals surface area contributed by atoms with E-state index in [1.54, 1.807) is 0 Å². The zero-order valence-corrected chi connectivity index (χ0v) is 10.9. The van der Waals surface area contributed by atoms with Gasteiger partial charge in [-0.15, -0.1) is 0 Å². The van der Waals surface area contributed by atoms with Crippen LogP contribution in [0.5, 0.6) is 0 Å². The highest BCUT2D eigenvalue weighted by molar-refractivity contribution is 5.57. The normalized spacial score (nSPS) is 17.2. The molecule has 0 unspecified atom stereocenters. The van der Waals surface area contributed by atoms with Crippen LogP contribution in [0, 0.1) is 24.2 Å². The van der Waals surface area contributed by atoms with Crippen LogP contribution in [-0.2, 0) is 7.05 Å². The number of piperidine rings is 1. The highest BCUT2D eigenvalue weighted by Gasteiger charge is 2.23. The molecule has 4 nitrogen and oxygen atoms in total. The third-order valence-electron chi connectivity index (χ3n) is 3.80. The van der Waals surface area contributed by atoms with Crippen LogP contribution < -0.4 is 4.90 Å². The van der Waals surface area contributed by atoms with Gasteiger partial charge < -0.3 is 4.90 Å². The molecule has 1 fully saturated rings. The number of aryl methyl sites for hydroxylation is 2. The monoisotopic (exact) mass is 232 g/mol. The molecule has 1 aromatic rings. The Labute approximate surface area is 103 Å². The summed E-state index contributed by atoms with van der Waals surface area (Å²) in [4.78, 5) is 2.31. The van der Waals surface area contributed by atoms with Crippen LogP contribution in [0.2, 0.25) is 0 Å². The van der Waals surface area contributed by atoms with E-state index in [2.05, 4.69) is 23.0 Å². The molecule has 17 heavy (non-hydrogen) atoms. The summed E-state index contributed by atoms with van der Waals surface area (Å²) in [5, 5.41) is 13.6. The molecule has 0 amide bonds. The maximum Gasteiger partial charge on any atom is 0.144 e. The lowest BCUT2D eigenvalue weighted by Crippen LogP contribution is -2.35. The molecule has 4 heteroatoms. The Bertz CT molecular complexity index is 433. The fraction of sp³-hybridized carbons (Fsp3) is 0.692. The van der Waals surface area contributed by atoms with Crippen molar-refractivity contribution in [2.45, 2.75) is 33.1 Å². The van der Waals surface area contributed by atoms with Crippen LogP contribution in [-0.4, -0.2) is 22.9 Å². The van der Waals surface area contributed by atoms with E-state index in [0.717, 1.165) is 36.1 Å². The summed E-state index contributed by atoms with van der Waals surface area (Å²) < 4.78 is 1.85. The van der Waals surface area contributed by atoms with Crippen molar-refractivity contribution in [3.8, 4) is 6.07 Å². The molecule has 0 aliphatic carbocycles. The zero-order valence-electron chi connectivity index (χ0n) is 10.9. The van der Waals surface area contributed by atoms with Gasteiger partial charge in [0.15, 0.2) is 0 Å². The lowest BCUT2D eigenvalue weighted by molar-refractivity contribution is 0.391. The van der Waals surface area contributed by atoms with Crippen molar-refractivity contribution < 1.29 is 0 Å². The van der Waals surface area contributed by atoms with Crippen molar-refractivity contribution in [1.82, 2.24) is 9.78 Å². The first kappa shape index (κ1) is 12.0. The third kappa shape index (κ3) is 2.14. The lowest BCUT2D eigenvalue weighted by Gasteiger charge is -2.33. The molecule has 0 radical (unpaired) electrons. The maximum absolute atomic E-state index is 9.21. The number of aromatic nitrogens is 2. The highest BCUT2D eigenvalue weighted by atomic mass is 15.4. The summed E-state index contributed by atoms with van der Waals surface area (Å²) in [6.45, 7) is 6.26. The molecule has 0 N–H and O–H groups in total. The predicted octanol–water partition coefficient (Wildman–Crippen LogP) is 2.23. The average Bonchev–Trinajstić information content (AvgIpc) is 2.63. The summed E-state index contributed by atoms with van der Waals surface area (Å²) in [5.74, 6) is 1.85. The van der Waals surface area contributed by atoms with Gasteiger partial charge in [-0.05, 0) is 25.7 Å². The van der Waals surface area contributed by atoms with Crippen molar-refractivity contribution >= 4 is 5.82 Å². The summed E-state index contributed by atoms with van der Waals surface area (Å²) in [7, 11) is 1.93. The molecular weight excluding hydrogens is 212 g/mol. The Morgan fingerprint density at radius 3 is 2.59 bits per heavy atom. The fourth-order valence-electron chi connectivity index (χ4n) is 2.69. The first-order valence-corrected chi connectivity index (χ1v) is 6.36. The van der Waals surface area contributed by atoms with Crippen LogP contribution in [0.15, 0.2) is 0 Å². The first-order chi connectivity index (χ1) is 8.17. The van der Waals surface area contributed by atoms with Gasteiger partial charge >= 0.3 is 0 Å². The second kappa shape index (κ2) is 4.79. The fourth-order valence-corrected chi connectivity index (χ4v) is 2.69. The minimum absolute atomic E-state index is 0.738. The van der Waals surface area contributed by atoms with Crippen LogP contribution >= 0.6 is 0 Å². The molecule has 1 saturated heterocycles. The van der Waals surface area contributed by atoms with Crippen molar-refractivity contribution in [2.24, 2.45) is 13.0 Å². The van der Waals surface area contributed by atoms with Crippen LogP contribution in [0.1, 0.15) is 37.4 Å². The molecule has 1 aliphatic heterocycles. The molecule has 1 aromatic heterocycles. The van der Waals surface area contributed by atoms with Crippen molar-refractivity contribution in [1.29, 1.82) is 5.26 Å². The number of hydrogen-bond donors (Lipinski definition) is 0. The standard InChI is InChI=1S/C13H20N4/c1-4-11-5-7-17(8-6-11)13-12(9-14)10(2)15-16(13)3/h11H,4-8H2,1-3H3. The molecule has 2 rings (SSSR count). The molecule has 0 atom stereocenters. The average molecular weight is 232 g/mol. The van der Waals surface area contributed by atoms with E-state index < -0.39 is 0 Å². The number of rotatable bonds is 2. The number of nitriles is 1. The molecule has 0 saturated carbocycles. The van der Waals surface area contributed by atoms with E-state index in [0.29, 0.717) is 0 Å². The van der Waals surface area contributed by atoms with Gasteiger partial charge in [-0.25, -0.2) is 0 Å². The first-order valence-electron chi connectivity index (χ1n) is 6.36. The Morgan fingerprint density at radius 1 is 1.41 bits per heavy atom. The highest BCUT2D eigenvalue weighted by Crippen LogP contribution is 2.28. The summed E-state index contributed by atoms with van der Waals surface area (Å²) in [6, 6.07) is 2.28. The summed E-state index contributed by atoms with van der Waals surface area (Å²) in [6.07, 6.45) is 3.72. The molecule has 1 aliphatic rings. The van der Waals surface area contributed by atoms with Gasteiger partial charge in [-0.3, -0.25) is 4.68 Å². The Hall–Kier alpha value is -1.50. The molecule has 0 spiro atoms. The number of nitrogens with zero attached hydrogens (tertiary/aromatic N) is 4. The molecule has 2 heterocycles. The minimum Gasteiger partial charge on any atom is -0.356 e. The van der Waals surface area contributed by atoms with Gasteiger partial charge in [-0.1, -0.05) is 13.3 Å². The zero-order chi connectivity index (χ0) is 12.4. The van der Waals surface area contributed by atoms with Gasteiger partial charge in [0.1, 0.15) is 17.5 Å². The van der Waals surface area contributed by atoms with Gasteiger partial charge in [0.2, 0.25) is 0 Å². The molecular formula is C13H20N4. The Morgan fingerprint density at radius 2 is 2.06 bits per heavy atom. The van der Waals surface area contributed by atoms with E-state index in [4.69, 9.17) is 0 Å². The number of hydrogen-bond acceptors (Lipinski definition) is 3. The van der Waals surface area contributed by atoms with Crippen LogP contribution in [0.3, 0.4) is 0 Å². The second-order valence-electron chi connectivity index (χ2n) is 4.86. The van der Waals surface area contributed by atoms with E-state index in [1.165, 1.54) is 19.3 Å². The van der Waals surface area contributed by atoms with Crippen molar-refractivity contribution in [3.05, 3.63) is 11.3 Å². The second-order valence-corrected chi connectivity index (χ2v) is 4.86. The van der Waals surface area contributed by atoms with Crippen molar-refractivity contribution in [2.75, 3.05) is 18.0 Å². The van der Waals surface area contributed by atoms with E-state index in [-0.39, 0.29) is 0 Å². The summed E-state index contributed by atoms with van der Waals surface area (Å²) >= 11 is 0.